The average Bonchev–Trinajstić information content (AvgIpc) is 2.76. The van der Waals surface area contributed by atoms with Crippen molar-refractivity contribution in [1.29, 1.82) is 5.41 Å². The fraction of sp³-hybridized carbons (Fsp3) is 0.600. The van der Waals surface area contributed by atoms with Crippen LogP contribution in [0, 0.1) is 5.41 Å². The zero-order chi connectivity index (χ0) is 14.5. The molecular weight excluding hydrogens is 270 g/mol. The number of rotatable bonds is 8. The summed E-state index contributed by atoms with van der Waals surface area (Å²) in [5.74, 6) is -0.0568. The number of nitrogens with two attached hydrogens (primary N) is 1. The van der Waals surface area contributed by atoms with E-state index in [2.05, 4.69) is 4.98 Å². The number of aromatic nitrogens is 2. The molecule has 0 aliphatic carbocycles. The van der Waals surface area contributed by atoms with Crippen molar-refractivity contribution >= 4 is 15.9 Å². The highest BCUT2D eigenvalue weighted by molar-refractivity contribution is 7.89. The zero-order valence-electron chi connectivity index (χ0n) is 11.0. The van der Waals surface area contributed by atoms with Crippen molar-refractivity contribution in [3.05, 3.63) is 12.5 Å². The van der Waals surface area contributed by atoms with Gasteiger partial charge in [-0.1, -0.05) is 0 Å². The molecule has 0 bridgehead atoms. The SMILES string of the molecule is COCCN(CCC(=N)N)S(=O)(=O)c1cn(C)cn1. The monoisotopic (exact) mass is 289 g/mol. The molecule has 0 spiro atoms. The topological polar surface area (TPSA) is 114 Å². The first-order valence-corrected chi connectivity index (χ1v) is 7.12. The highest BCUT2D eigenvalue weighted by Crippen LogP contribution is 2.13. The Morgan fingerprint density at radius 1 is 1.58 bits per heavy atom. The van der Waals surface area contributed by atoms with Crippen molar-refractivity contribution in [2.45, 2.75) is 11.4 Å². The third kappa shape index (κ3) is 4.30. The normalized spacial score (nSPS) is 11.9. The largest absolute Gasteiger partial charge is 0.388 e. The van der Waals surface area contributed by atoms with Crippen LogP contribution in [0.15, 0.2) is 17.6 Å². The molecule has 0 saturated heterocycles. The maximum atomic E-state index is 12.3. The van der Waals surface area contributed by atoms with Gasteiger partial charge < -0.3 is 15.0 Å². The van der Waals surface area contributed by atoms with Crippen LogP contribution in [0.1, 0.15) is 6.42 Å². The third-order valence-electron chi connectivity index (χ3n) is 2.46. The van der Waals surface area contributed by atoms with Crippen LogP contribution in [-0.2, 0) is 21.8 Å². The number of nitrogens with zero attached hydrogens (tertiary/aromatic N) is 3. The van der Waals surface area contributed by atoms with E-state index in [1.54, 1.807) is 11.6 Å². The molecule has 0 aromatic carbocycles. The van der Waals surface area contributed by atoms with Crippen LogP contribution < -0.4 is 5.73 Å². The number of aryl methyl sites for hydroxylation is 1. The summed E-state index contributed by atoms with van der Waals surface area (Å²) < 4.78 is 32.4. The van der Waals surface area contributed by atoms with E-state index in [0.717, 1.165) is 0 Å². The van der Waals surface area contributed by atoms with Crippen LogP contribution in [0.2, 0.25) is 0 Å². The van der Waals surface area contributed by atoms with Crippen LogP contribution >= 0.6 is 0 Å². The summed E-state index contributed by atoms with van der Waals surface area (Å²) in [6.07, 6.45) is 3.03. The molecule has 1 heterocycles. The second kappa shape index (κ2) is 6.64. The lowest BCUT2D eigenvalue weighted by Crippen LogP contribution is -2.36. The quantitative estimate of drug-likeness (QED) is 0.489. The van der Waals surface area contributed by atoms with E-state index in [9.17, 15) is 8.42 Å². The molecule has 0 saturated carbocycles. The molecular formula is C10H19N5O3S. The fourth-order valence-electron chi connectivity index (χ4n) is 1.44. The summed E-state index contributed by atoms with van der Waals surface area (Å²) in [5.41, 5.74) is 5.27. The smallest absolute Gasteiger partial charge is 0.262 e. The van der Waals surface area contributed by atoms with Gasteiger partial charge in [-0.15, -0.1) is 0 Å². The first-order chi connectivity index (χ1) is 8.87. The molecule has 0 unspecified atom stereocenters. The lowest BCUT2D eigenvalue weighted by molar-refractivity contribution is 0.179. The van der Waals surface area contributed by atoms with E-state index in [1.165, 1.54) is 23.9 Å². The number of methoxy groups -OCH3 is 1. The molecule has 9 heteroatoms. The van der Waals surface area contributed by atoms with Gasteiger partial charge in [-0.2, -0.15) is 4.31 Å². The van der Waals surface area contributed by atoms with E-state index < -0.39 is 10.0 Å². The van der Waals surface area contributed by atoms with Crippen LogP contribution in [-0.4, -0.2) is 54.9 Å². The summed E-state index contributed by atoms with van der Waals surface area (Å²) in [7, 11) is -0.487. The number of imidazole rings is 1. The van der Waals surface area contributed by atoms with Gasteiger partial charge in [0.2, 0.25) is 0 Å². The molecule has 0 amide bonds. The van der Waals surface area contributed by atoms with E-state index in [-0.39, 0.29) is 37.0 Å². The molecule has 3 N–H and O–H groups in total. The number of hydrogen-bond donors (Lipinski definition) is 2. The summed E-state index contributed by atoms with van der Waals surface area (Å²) in [4.78, 5) is 3.85. The standard InChI is InChI=1S/C10H19N5O3S/c1-14-7-10(13-8-14)19(16,17)15(5-6-18-2)4-3-9(11)12/h7-8H,3-6H2,1-2H3,(H3,11,12). The third-order valence-corrected chi connectivity index (χ3v) is 4.25. The predicted octanol–water partition coefficient (Wildman–Crippen LogP) is -0.617. The van der Waals surface area contributed by atoms with E-state index in [0.29, 0.717) is 0 Å². The number of ether oxygens (including phenoxy) is 1. The van der Waals surface area contributed by atoms with Crippen molar-refractivity contribution in [2.75, 3.05) is 26.8 Å². The summed E-state index contributed by atoms with van der Waals surface area (Å²) in [6, 6.07) is 0. The molecule has 1 aromatic rings. The van der Waals surface area contributed by atoms with Gasteiger partial charge in [0.05, 0.1) is 18.8 Å². The maximum absolute atomic E-state index is 12.3. The van der Waals surface area contributed by atoms with Crippen molar-refractivity contribution < 1.29 is 13.2 Å². The second-order valence-corrected chi connectivity index (χ2v) is 5.93. The molecule has 1 aromatic heterocycles. The molecule has 1 rings (SSSR count). The fourth-order valence-corrected chi connectivity index (χ4v) is 2.84. The van der Waals surface area contributed by atoms with Gasteiger partial charge in [0.1, 0.15) is 0 Å². The Kier molecular flexibility index (Phi) is 5.45. The van der Waals surface area contributed by atoms with E-state index in [4.69, 9.17) is 15.9 Å². The average molecular weight is 289 g/mol. The van der Waals surface area contributed by atoms with Crippen LogP contribution in [0.4, 0.5) is 0 Å². The van der Waals surface area contributed by atoms with Gasteiger partial charge in [-0.25, -0.2) is 13.4 Å². The highest BCUT2D eigenvalue weighted by atomic mass is 32.2. The Bertz CT molecular complexity index is 525. The molecule has 0 fully saturated rings. The first-order valence-electron chi connectivity index (χ1n) is 5.68. The summed E-state index contributed by atoms with van der Waals surface area (Å²) in [5, 5.41) is 7.16. The maximum Gasteiger partial charge on any atom is 0.262 e. The highest BCUT2D eigenvalue weighted by Gasteiger charge is 2.26. The summed E-state index contributed by atoms with van der Waals surface area (Å²) >= 11 is 0. The Morgan fingerprint density at radius 3 is 2.74 bits per heavy atom. The number of amidine groups is 1. The van der Waals surface area contributed by atoms with Crippen molar-refractivity contribution in [2.24, 2.45) is 12.8 Å². The minimum Gasteiger partial charge on any atom is -0.388 e. The van der Waals surface area contributed by atoms with Gasteiger partial charge in [0, 0.05) is 39.9 Å². The lowest BCUT2D eigenvalue weighted by Gasteiger charge is -2.20. The van der Waals surface area contributed by atoms with Gasteiger partial charge in [0.25, 0.3) is 10.0 Å². The number of nitrogens with one attached hydrogen (secondary N) is 1. The number of hydrogen-bond acceptors (Lipinski definition) is 5. The van der Waals surface area contributed by atoms with Gasteiger partial charge in [0.15, 0.2) is 5.03 Å². The second-order valence-electron chi connectivity index (χ2n) is 4.05. The molecule has 19 heavy (non-hydrogen) atoms. The van der Waals surface area contributed by atoms with Crippen molar-refractivity contribution in [3.63, 3.8) is 0 Å². The van der Waals surface area contributed by atoms with Gasteiger partial charge in [-0.3, -0.25) is 5.41 Å². The molecule has 8 nitrogen and oxygen atoms in total. The van der Waals surface area contributed by atoms with Crippen LogP contribution in [0.5, 0.6) is 0 Å². The first kappa shape index (κ1) is 15.6. The van der Waals surface area contributed by atoms with E-state index >= 15 is 0 Å². The minimum atomic E-state index is -3.68. The molecule has 108 valence electrons. The Labute approximate surface area is 112 Å². The molecule has 0 aliphatic rings. The van der Waals surface area contributed by atoms with Crippen molar-refractivity contribution in [3.8, 4) is 0 Å². The minimum absolute atomic E-state index is 0.0188. The lowest BCUT2D eigenvalue weighted by atomic mass is 10.4. The number of sulfonamides is 1. The van der Waals surface area contributed by atoms with Crippen molar-refractivity contribution in [1.82, 2.24) is 13.9 Å². The van der Waals surface area contributed by atoms with Crippen LogP contribution in [0.25, 0.3) is 0 Å². The Morgan fingerprint density at radius 2 is 2.26 bits per heavy atom. The zero-order valence-corrected chi connectivity index (χ0v) is 11.9. The van der Waals surface area contributed by atoms with Gasteiger partial charge >= 0.3 is 0 Å². The predicted molar refractivity (Wildman–Crippen MR) is 70.4 cm³/mol. The molecule has 0 atom stereocenters. The van der Waals surface area contributed by atoms with Crippen LogP contribution in [0.3, 0.4) is 0 Å². The Balaban J connectivity index is 2.91. The Hall–Kier alpha value is -1.45. The van der Waals surface area contributed by atoms with E-state index in [1.807, 2.05) is 0 Å². The summed E-state index contributed by atoms with van der Waals surface area (Å²) in [6.45, 7) is 0.601. The molecule has 0 aliphatic heterocycles. The molecule has 0 radical (unpaired) electrons. The van der Waals surface area contributed by atoms with Gasteiger partial charge in [-0.05, 0) is 0 Å².